The van der Waals surface area contributed by atoms with E-state index in [0.717, 1.165) is 12.0 Å². The third-order valence-corrected chi connectivity index (χ3v) is 6.14. The summed E-state index contributed by atoms with van der Waals surface area (Å²) in [6.45, 7) is 6.93. The van der Waals surface area contributed by atoms with E-state index in [1.165, 1.54) is 16.4 Å². The molecule has 0 aliphatic heterocycles. The Morgan fingerprint density at radius 1 is 1.07 bits per heavy atom. The van der Waals surface area contributed by atoms with Crippen molar-refractivity contribution in [1.29, 1.82) is 0 Å². The number of carbonyl (C=O) groups excluding carboxylic acids is 1. The summed E-state index contributed by atoms with van der Waals surface area (Å²) in [5.41, 5.74) is 0.817. The Morgan fingerprint density at radius 2 is 1.72 bits per heavy atom. The van der Waals surface area contributed by atoms with Crippen LogP contribution in [0.5, 0.6) is 5.75 Å². The van der Waals surface area contributed by atoms with Crippen molar-refractivity contribution in [2.45, 2.75) is 38.6 Å². The van der Waals surface area contributed by atoms with Crippen LogP contribution in [0.25, 0.3) is 0 Å². The SMILES string of the molecule is CCOc1ccc(S(=O)(=O)N(CC(=O)NCCC(C)C)Cc2ccccc2)cc1. The van der Waals surface area contributed by atoms with Crippen LogP contribution in [0.4, 0.5) is 0 Å². The number of nitrogens with one attached hydrogen (secondary N) is 1. The lowest BCUT2D eigenvalue weighted by Crippen LogP contribution is -2.40. The van der Waals surface area contributed by atoms with Gasteiger partial charge in [-0.3, -0.25) is 4.79 Å². The Balaban J connectivity index is 2.21. The molecule has 6 nitrogen and oxygen atoms in total. The fraction of sp³-hybridized carbons (Fsp3) is 0.409. The molecule has 158 valence electrons. The molecule has 7 heteroatoms. The van der Waals surface area contributed by atoms with Gasteiger partial charge in [0, 0.05) is 13.1 Å². The molecule has 0 heterocycles. The van der Waals surface area contributed by atoms with Gasteiger partial charge in [-0.15, -0.1) is 0 Å². The van der Waals surface area contributed by atoms with E-state index in [1.54, 1.807) is 12.1 Å². The number of hydrogen-bond donors (Lipinski definition) is 1. The van der Waals surface area contributed by atoms with Gasteiger partial charge in [-0.25, -0.2) is 8.42 Å². The van der Waals surface area contributed by atoms with Gasteiger partial charge in [-0.05, 0) is 49.1 Å². The lowest BCUT2D eigenvalue weighted by Gasteiger charge is -2.22. The second kappa shape index (κ2) is 11.0. The van der Waals surface area contributed by atoms with E-state index in [4.69, 9.17) is 4.74 Å². The van der Waals surface area contributed by atoms with Crippen LogP contribution >= 0.6 is 0 Å². The third kappa shape index (κ3) is 7.18. The average molecular weight is 419 g/mol. The highest BCUT2D eigenvalue weighted by molar-refractivity contribution is 7.89. The largest absolute Gasteiger partial charge is 0.494 e. The highest BCUT2D eigenvalue weighted by Crippen LogP contribution is 2.21. The van der Waals surface area contributed by atoms with Crippen molar-refractivity contribution in [3.05, 3.63) is 60.2 Å². The first-order chi connectivity index (χ1) is 13.8. The van der Waals surface area contributed by atoms with Crippen molar-refractivity contribution in [1.82, 2.24) is 9.62 Å². The second-order valence-electron chi connectivity index (χ2n) is 7.20. The molecule has 0 bridgehead atoms. The van der Waals surface area contributed by atoms with E-state index in [2.05, 4.69) is 19.2 Å². The summed E-state index contributed by atoms with van der Waals surface area (Å²) >= 11 is 0. The Labute approximate surface area is 173 Å². The highest BCUT2D eigenvalue weighted by atomic mass is 32.2. The Hall–Kier alpha value is -2.38. The summed E-state index contributed by atoms with van der Waals surface area (Å²) in [6.07, 6.45) is 0.843. The van der Waals surface area contributed by atoms with E-state index >= 15 is 0 Å². The van der Waals surface area contributed by atoms with Gasteiger partial charge >= 0.3 is 0 Å². The second-order valence-corrected chi connectivity index (χ2v) is 9.13. The molecule has 0 radical (unpaired) electrons. The van der Waals surface area contributed by atoms with Gasteiger partial charge in [0.15, 0.2) is 0 Å². The molecule has 0 aromatic heterocycles. The fourth-order valence-corrected chi connectivity index (χ4v) is 4.14. The number of sulfonamides is 1. The minimum Gasteiger partial charge on any atom is -0.494 e. The van der Waals surface area contributed by atoms with Gasteiger partial charge in [0.1, 0.15) is 5.75 Å². The zero-order valence-electron chi connectivity index (χ0n) is 17.3. The van der Waals surface area contributed by atoms with Crippen molar-refractivity contribution >= 4 is 15.9 Å². The molecule has 1 N–H and O–H groups in total. The van der Waals surface area contributed by atoms with E-state index < -0.39 is 10.0 Å². The molecule has 1 amide bonds. The van der Waals surface area contributed by atoms with Crippen molar-refractivity contribution < 1.29 is 17.9 Å². The molecule has 2 rings (SSSR count). The highest BCUT2D eigenvalue weighted by Gasteiger charge is 2.27. The number of ether oxygens (including phenoxy) is 1. The predicted molar refractivity (Wildman–Crippen MR) is 114 cm³/mol. The average Bonchev–Trinajstić information content (AvgIpc) is 2.68. The van der Waals surface area contributed by atoms with Gasteiger partial charge in [-0.1, -0.05) is 44.2 Å². The fourth-order valence-electron chi connectivity index (χ4n) is 2.75. The van der Waals surface area contributed by atoms with E-state index in [1.807, 2.05) is 37.3 Å². The maximum atomic E-state index is 13.2. The Kier molecular flexibility index (Phi) is 8.67. The van der Waals surface area contributed by atoms with Crippen LogP contribution in [0, 0.1) is 5.92 Å². The maximum absolute atomic E-state index is 13.2. The van der Waals surface area contributed by atoms with Crippen LogP contribution in [0.15, 0.2) is 59.5 Å². The molecule has 0 aliphatic carbocycles. The van der Waals surface area contributed by atoms with Gasteiger partial charge in [0.2, 0.25) is 15.9 Å². The first-order valence-electron chi connectivity index (χ1n) is 9.86. The topological polar surface area (TPSA) is 75.7 Å². The van der Waals surface area contributed by atoms with Crippen molar-refractivity contribution in [2.24, 2.45) is 5.92 Å². The zero-order chi connectivity index (χ0) is 21.3. The van der Waals surface area contributed by atoms with Crippen LogP contribution in [0.3, 0.4) is 0 Å². The van der Waals surface area contributed by atoms with E-state index in [0.29, 0.717) is 24.8 Å². The van der Waals surface area contributed by atoms with Crippen molar-refractivity contribution in [3.8, 4) is 5.75 Å². The monoisotopic (exact) mass is 418 g/mol. The minimum absolute atomic E-state index is 0.119. The van der Waals surface area contributed by atoms with Gasteiger partial charge in [0.05, 0.1) is 18.0 Å². The predicted octanol–water partition coefficient (Wildman–Crippen LogP) is 3.44. The molecular formula is C22H30N2O4S. The molecule has 29 heavy (non-hydrogen) atoms. The lowest BCUT2D eigenvalue weighted by atomic mass is 10.1. The molecule has 2 aromatic carbocycles. The third-order valence-electron chi connectivity index (χ3n) is 4.34. The number of hydrogen-bond acceptors (Lipinski definition) is 4. The van der Waals surface area contributed by atoms with Crippen LogP contribution in [0.1, 0.15) is 32.8 Å². The molecule has 0 saturated heterocycles. The van der Waals surface area contributed by atoms with Gasteiger partial charge < -0.3 is 10.1 Å². The van der Waals surface area contributed by atoms with Crippen LogP contribution in [-0.2, 0) is 21.4 Å². The van der Waals surface area contributed by atoms with Gasteiger partial charge in [-0.2, -0.15) is 4.31 Å². The summed E-state index contributed by atoms with van der Waals surface area (Å²) in [7, 11) is -3.85. The zero-order valence-corrected chi connectivity index (χ0v) is 18.1. The van der Waals surface area contributed by atoms with E-state index in [9.17, 15) is 13.2 Å². The minimum atomic E-state index is -3.85. The van der Waals surface area contributed by atoms with Crippen molar-refractivity contribution in [2.75, 3.05) is 19.7 Å². The standard InChI is InChI=1S/C22H30N2O4S/c1-4-28-20-10-12-21(13-11-20)29(26,27)24(16-19-8-6-5-7-9-19)17-22(25)23-15-14-18(2)3/h5-13,18H,4,14-17H2,1-3H3,(H,23,25). The summed E-state index contributed by atoms with van der Waals surface area (Å²) in [5.74, 6) is 0.756. The van der Waals surface area contributed by atoms with Crippen LogP contribution < -0.4 is 10.1 Å². The van der Waals surface area contributed by atoms with Crippen LogP contribution in [0.2, 0.25) is 0 Å². The molecule has 0 atom stereocenters. The summed E-state index contributed by atoms with van der Waals surface area (Å²) in [6, 6.07) is 15.5. The molecule has 0 fully saturated rings. The molecule has 2 aromatic rings. The normalized spacial score (nSPS) is 11.6. The number of nitrogens with zero attached hydrogens (tertiary/aromatic N) is 1. The maximum Gasteiger partial charge on any atom is 0.243 e. The number of benzene rings is 2. The number of rotatable bonds is 11. The molecule has 0 unspecified atom stereocenters. The lowest BCUT2D eigenvalue weighted by molar-refractivity contribution is -0.121. The van der Waals surface area contributed by atoms with Gasteiger partial charge in [0.25, 0.3) is 0 Å². The smallest absolute Gasteiger partial charge is 0.243 e. The first kappa shape index (κ1) is 22.9. The molecule has 0 saturated carbocycles. The summed E-state index contributed by atoms with van der Waals surface area (Å²) in [4.78, 5) is 12.5. The summed E-state index contributed by atoms with van der Waals surface area (Å²) in [5, 5.41) is 2.81. The molecule has 0 spiro atoms. The number of amides is 1. The first-order valence-corrected chi connectivity index (χ1v) is 11.3. The van der Waals surface area contributed by atoms with E-state index in [-0.39, 0.29) is 23.9 Å². The summed E-state index contributed by atoms with van der Waals surface area (Å²) < 4.78 is 33.1. The van der Waals surface area contributed by atoms with Crippen LogP contribution in [-0.4, -0.2) is 38.3 Å². The molecular weight excluding hydrogens is 388 g/mol. The Bertz CT molecular complexity index is 865. The molecule has 0 aliphatic rings. The number of carbonyl (C=O) groups is 1. The Morgan fingerprint density at radius 3 is 2.31 bits per heavy atom. The van der Waals surface area contributed by atoms with Crippen molar-refractivity contribution in [3.63, 3.8) is 0 Å². The quantitative estimate of drug-likeness (QED) is 0.607.